The zero-order valence-corrected chi connectivity index (χ0v) is 25.5. The van der Waals surface area contributed by atoms with E-state index in [-0.39, 0.29) is 5.91 Å². The smallest absolute Gasteiger partial charge is 0.224 e. The first kappa shape index (κ1) is 30.5. The first-order valence-electron chi connectivity index (χ1n) is 14.4. The molecule has 0 radical (unpaired) electrons. The molecule has 3 heterocycles. The first-order chi connectivity index (χ1) is 19.4. The van der Waals surface area contributed by atoms with Crippen molar-refractivity contribution >= 4 is 16.9 Å². The minimum atomic E-state index is -0.515. The van der Waals surface area contributed by atoms with Crippen LogP contribution in [0.25, 0.3) is 11.0 Å². The molecule has 0 aliphatic heterocycles. The lowest BCUT2D eigenvalue weighted by Crippen LogP contribution is -2.38. The molecule has 3 aromatic heterocycles. The summed E-state index contributed by atoms with van der Waals surface area (Å²) in [6.07, 6.45) is 4.67. The number of hydrogen-bond donors (Lipinski definition) is 2. The van der Waals surface area contributed by atoms with E-state index >= 15 is 0 Å². The number of benzene rings is 1. The number of aryl methyl sites for hydroxylation is 4. The highest BCUT2D eigenvalue weighted by Gasteiger charge is 2.28. The molecule has 41 heavy (non-hydrogen) atoms. The van der Waals surface area contributed by atoms with Gasteiger partial charge in [0.25, 0.3) is 0 Å². The largest absolute Gasteiger partial charge is 0.458 e. The Morgan fingerprint density at radius 2 is 1.93 bits per heavy atom. The van der Waals surface area contributed by atoms with Crippen molar-refractivity contribution in [2.45, 2.75) is 85.8 Å². The average Bonchev–Trinajstić information content (AvgIpc) is 3.46. The van der Waals surface area contributed by atoms with Gasteiger partial charge in [0.1, 0.15) is 23.2 Å². The molecule has 0 saturated heterocycles. The summed E-state index contributed by atoms with van der Waals surface area (Å²) in [5, 5.41) is 8.08. The summed E-state index contributed by atoms with van der Waals surface area (Å²) in [4.78, 5) is 17.3. The number of carbonyl (C=O) groups is 1. The maximum Gasteiger partial charge on any atom is 0.224 e. The van der Waals surface area contributed by atoms with E-state index in [9.17, 15) is 4.79 Å². The molecule has 0 bridgehead atoms. The fraction of sp³-hybridized carbons (Fsp3) is 0.485. The Morgan fingerprint density at radius 1 is 1.15 bits per heavy atom. The Hall–Kier alpha value is -3.49. The molecule has 2 atom stereocenters. The van der Waals surface area contributed by atoms with Crippen LogP contribution in [0, 0.1) is 33.6 Å². The van der Waals surface area contributed by atoms with Gasteiger partial charge in [0.05, 0.1) is 24.3 Å². The highest BCUT2D eigenvalue weighted by Crippen LogP contribution is 2.35. The van der Waals surface area contributed by atoms with Crippen LogP contribution in [-0.4, -0.2) is 34.7 Å². The molecule has 1 aromatic carbocycles. The van der Waals surface area contributed by atoms with Crippen molar-refractivity contribution in [1.29, 1.82) is 0 Å². The number of hydrogen-bond acceptors (Lipinski definition) is 7. The van der Waals surface area contributed by atoms with Crippen molar-refractivity contribution in [3.63, 3.8) is 0 Å². The second kappa shape index (κ2) is 13.0. The van der Waals surface area contributed by atoms with Gasteiger partial charge in [0.2, 0.25) is 5.91 Å². The Balaban J connectivity index is 1.34. The fourth-order valence-corrected chi connectivity index (χ4v) is 5.14. The van der Waals surface area contributed by atoms with Gasteiger partial charge in [0, 0.05) is 29.4 Å². The van der Waals surface area contributed by atoms with E-state index in [4.69, 9.17) is 19.4 Å². The van der Waals surface area contributed by atoms with Gasteiger partial charge in [-0.2, -0.15) is 0 Å². The third-order valence-corrected chi connectivity index (χ3v) is 7.26. The molecule has 0 saturated carbocycles. The third kappa shape index (κ3) is 8.27. The molecule has 0 fully saturated rings. The summed E-state index contributed by atoms with van der Waals surface area (Å²) >= 11 is 0. The maximum atomic E-state index is 12.7. The minimum Gasteiger partial charge on any atom is -0.458 e. The minimum absolute atomic E-state index is 0.0128. The highest BCUT2D eigenvalue weighted by atomic mass is 16.5. The zero-order valence-electron chi connectivity index (χ0n) is 25.5. The number of aromatic nitrogens is 2. The Kier molecular flexibility index (Phi) is 9.66. The highest BCUT2D eigenvalue weighted by molar-refractivity contribution is 5.83. The average molecular weight is 561 g/mol. The molecular formula is C33H44N4O4. The van der Waals surface area contributed by atoms with E-state index < -0.39 is 11.6 Å². The first-order valence-corrected chi connectivity index (χ1v) is 14.4. The molecule has 2 unspecified atom stereocenters. The number of amides is 1. The SMILES string of the molecule is Cc1cnc(CC(C)CCCNC(=O)Cc2ccc3oc(C(OCC(C)(C)N)c4c(C)noc4C)cc3c2)c(C)c1. The van der Waals surface area contributed by atoms with Crippen LogP contribution in [-0.2, 0) is 22.4 Å². The second-order valence-electron chi connectivity index (χ2n) is 12.2. The molecule has 0 aliphatic carbocycles. The van der Waals surface area contributed by atoms with Gasteiger partial charge in [-0.1, -0.05) is 24.2 Å². The third-order valence-electron chi connectivity index (χ3n) is 7.26. The molecule has 3 N–H and O–H groups in total. The van der Waals surface area contributed by atoms with Crippen molar-refractivity contribution < 1.29 is 18.5 Å². The van der Waals surface area contributed by atoms with Crippen molar-refractivity contribution in [3.8, 4) is 0 Å². The van der Waals surface area contributed by atoms with E-state index in [0.29, 0.717) is 37.0 Å². The molecule has 8 nitrogen and oxygen atoms in total. The monoisotopic (exact) mass is 560 g/mol. The van der Waals surface area contributed by atoms with E-state index in [1.165, 1.54) is 11.1 Å². The van der Waals surface area contributed by atoms with Gasteiger partial charge >= 0.3 is 0 Å². The summed E-state index contributed by atoms with van der Waals surface area (Å²) in [7, 11) is 0. The number of ether oxygens (including phenoxy) is 1. The summed E-state index contributed by atoms with van der Waals surface area (Å²) in [6.45, 7) is 15.0. The van der Waals surface area contributed by atoms with Gasteiger partial charge in [-0.3, -0.25) is 9.78 Å². The van der Waals surface area contributed by atoms with Crippen molar-refractivity contribution in [2.75, 3.05) is 13.2 Å². The second-order valence-corrected chi connectivity index (χ2v) is 12.2. The van der Waals surface area contributed by atoms with E-state index in [2.05, 4.69) is 42.3 Å². The van der Waals surface area contributed by atoms with E-state index in [0.717, 1.165) is 52.7 Å². The Bertz CT molecular complexity index is 1460. The van der Waals surface area contributed by atoms with Gasteiger partial charge in [0.15, 0.2) is 0 Å². The predicted octanol–water partition coefficient (Wildman–Crippen LogP) is 6.21. The standard InChI is InChI=1S/C33H44N4O4/c1-20(14-27-22(3)13-21(2)18-36-27)9-8-12-35-30(38)16-25-10-11-28-26(15-25)17-29(40-28)32(39-19-33(6,7)34)31-23(4)37-41-24(31)5/h10-11,13,15,17-18,20,32H,8-9,12,14,16,19,34H2,1-7H3,(H,35,38). The van der Waals surface area contributed by atoms with Crippen molar-refractivity contribution in [3.05, 3.63) is 81.7 Å². The molecule has 220 valence electrons. The number of carbonyl (C=O) groups excluding carboxylic acids is 1. The number of nitrogens with two attached hydrogens (primary N) is 1. The number of pyridine rings is 1. The van der Waals surface area contributed by atoms with Crippen LogP contribution in [0.2, 0.25) is 0 Å². The van der Waals surface area contributed by atoms with Crippen molar-refractivity contribution in [2.24, 2.45) is 11.7 Å². The van der Waals surface area contributed by atoms with Gasteiger partial charge < -0.3 is 24.7 Å². The lowest BCUT2D eigenvalue weighted by Gasteiger charge is -2.23. The van der Waals surface area contributed by atoms with Crippen LogP contribution in [0.5, 0.6) is 0 Å². The molecule has 4 aromatic rings. The van der Waals surface area contributed by atoms with Crippen LogP contribution < -0.4 is 11.1 Å². The van der Waals surface area contributed by atoms with Crippen LogP contribution >= 0.6 is 0 Å². The molecule has 0 aliphatic rings. The molecular weight excluding hydrogens is 516 g/mol. The Labute approximate surface area is 243 Å². The van der Waals surface area contributed by atoms with Gasteiger partial charge in [-0.15, -0.1) is 0 Å². The maximum absolute atomic E-state index is 12.7. The van der Waals surface area contributed by atoms with Gasteiger partial charge in [-0.25, -0.2) is 0 Å². The molecule has 4 rings (SSSR count). The summed E-state index contributed by atoms with van der Waals surface area (Å²) in [6, 6.07) is 9.98. The Morgan fingerprint density at radius 3 is 2.61 bits per heavy atom. The van der Waals surface area contributed by atoms with Gasteiger partial charge in [-0.05, 0) is 102 Å². The van der Waals surface area contributed by atoms with Crippen LogP contribution in [0.3, 0.4) is 0 Å². The lowest BCUT2D eigenvalue weighted by molar-refractivity contribution is -0.120. The van der Waals surface area contributed by atoms with Crippen LogP contribution in [0.1, 0.15) is 84.9 Å². The number of fused-ring (bicyclic) bond motifs is 1. The fourth-order valence-electron chi connectivity index (χ4n) is 5.14. The molecule has 0 spiro atoms. The number of nitrogens with one attached hydrogen (secondary N) is 1. The lowest BCUT2D eigenvalue weighted by atomic mass is 9.97. The number of furan rings is 1. The topological polar surface area (TPSA) is 116 Å². The summed E-state index contributed by atoms with van der Waals surface area (Å²) in [5.41, 5.74) is 12.5. The van der Waals surface area contributed by atoms with Crippen LogP contribution in [0.15, 0.2) is 45.5 Å². The van der Waals surface area contributed by atoms with Crippen molar-refractivity contribution in [1.82, 2.24) is 15.5 Å². The number of rotatable bonds is 13. The van der Waals surface area contributed by atoms with Crippen LogP contribution in [0.4, 0.5) is 0 Å². The summed E-state index contributed by atoms with van der Waals surface area (Å²) in [5.74, 6) is 1.84. The zero-order chi connectivity index (χ0) is 29.7. The number of nitrogens with zero attached hydrogens (tertiary/aromatic N) is 2. The summed E-state index contributed by atoms with van der Waals surface area (Å²) < 4.78 is 17.9. The predicted molar refractivity (Wildman–Crippen MR) is 161 cm³/mol. The normalized spacial score (nSPS) is 13.5. The van der Waals surface area contributed by atoms with E-state index in [1.54, 1.807) is 0 Å². The quantitative estimate of drug-likeness (QED) is 0.187. The van der Waals surface area contributed by atoms with E-state index in [1.807, 2.05) is 58.2 Å². The molecule has 8 heteroatoms. The molecule has 1 amide bonds.